The van der Waals surface area contributed by atoms with Crippen molar-refractivity contribution < 1.29 is 4.79 Å². The number of aromatic amines is 1. The predicted molar refractivity (Wildman–Crippen MR) is 109 cm³/mol. The van der Waals surface area contributed by atoms with Crippen LogP contribution in [0.5, 0.6) is 0 Å². The number of nitrogens with zero attached hydrogens (tertiary/aromatic N) is 6. The number of H-pyrrole nitrogens is 1. The molecule has 0 aromatic carbocycles. The van der Waals surface area contributed by atoms with Gasteiger partial charge in [-0.2, -0.15) is 5.10 Å². The number of anilines is 1. The van der Waals surface area contributed by atoms with Gasteiger partial charge in [0.05, 0.1) is 23.2 Å². The molecule has 150 valence electrons. The van der Waals surface area contributed by atoms with Crippen molar-refractivity contribution in [3.8, 4) is 0 Å². The van der Waals surface area contributed by atoms with E-state index in [0.717, 1.165) is 48.4 Å². The number of hydrogen-bond donors (Lipinski definition) is 2. The molecule has 2 aliphatic rings. The fourth-order valence-electron chi connectivity index (χ4n) is 4.00. The first-order chi connectivity index (χ1) is 14.8. The third-order valence-electron chi connectivity index (χ3n) is 5.68. The van der Waals surface area contributed by atoms with Gasteiger partial charge in [-0.15, -0.1) is 10.2 Å². The van der Waals surface area contributed by atoms with Crippen molar-refractivity contribution in [1.29, 1.82) is 0 Å². The first-order valence-corrected chi connectivity index (χ1v) is 10.1. The van der Waals surface area contributed by atoms with Crippen molar-refractivity contribution in [2.24, 2.45) is 0 Å². The first kappa shape index (κ1) is 17.1. The van der Waals surface area contributed by atoms with Crippen LogP contribution in [0.25, 0.3) is 5.52 Å². The third-order valence-corrected chi connectivity index (χ3v) is 5.68. The number of hydrogen-bond acceptors (Lipinski definition) is 6. The molecule has 2 N–H and O–H groups in total. The number of aromatic nitrogens is 6. The van der Waals surface area contributed by atoms with E-state index >= 15 is 0 Å². The molecule has 1 aliphatic heterocycles. The summed E-state index contributed by atoms with van der Waals surface area (Å²) in [4.78, 5) is 22.2. The summed E-state index contributed by atoms with van der Waals surface area (Å²) in [6.07, 6.45) is 6.57. The molecule has 0 bridgehead atoms. The molecular weight excluding hydrogens is 380 g/mol. The Hall–Kier alpha value is -3.75. The van der Waals surface area contributed by atoms with E-state index in [1.54, 1.807) is 12.4 Å². The van der Waals surface area contributed by atoms with Gasteiger partial charge in [-0.05, 0) is 43.2 Å². The normalized spacial score (nSPS) is 18.4. The molecule has 0 radical (unpaired) electrons. The molecule has 1 amide bonds. The van der Waals surface area contributed by atoms with E-state index < -0.39 is 0 Å². The highest BCUT2D eigenvalue weighted by atomic mass is 16.2. The molecule has 30 heavy (non-hydrogen) atoms. The van der Waals surface area contributed by atoms with Crippen molar-refractivity contribution in [3.63, 3.8) is 0 Å². The number of imidazole rings is 1. The van der Waals surface area contributed by atoms with Gasteiger partial charge in [0.2, 0.25) is 0 Å². The summed E-state index contributed by atoms with van der Waals surface area (Å²) in [7, 11) is 0. The second-order valence-corrected chi connectivity index (χ2v) is 7.78. The number of carbonyl (C=O) groups is 1. The van der Waals surface area contributed by atoms with Crippen molar-refractivity contribution >= 4 is 17.2 Å². The van der Waals surface area contributed by atoms with Gasteiger partial charge in [-0.25, -0.2) is 9.50 Å². The second-order valence-electron chi connectivity index (χ2n) is 7.78. The third kappa shape index (κ3) is 2.90. The highest BCUT2D eigenvalue weighted by Crippen LogP contribution is 2.35. The van der Waals surface area contributed by atoms with Crippen molar-refractivity contribution in [2.45, 2.75) is 31.3 Å². The first-order valence-electron chi connectivity index (χ1n) is 10.1. The number of rotatable bonds is 4. The van der Waals surface area contributed by atoms with Crippen LogP contribution in [-0.4, -0.2) is 48.3 Å². The van der Waals surface area contributed by atoms with Gasteiger partial charge >= 0.3 is 0 Å². The largest absolute Gasteiger partial charge is 0.348 e. The molecule has 1 fully saturated rings. The fraction of sp³-hybridized carbons (Fsp3) is 0.286. The average Bonchev–Trinajstić information content (AvgIpc) is 3.29. The SMILES string of the molecule is O=C(NC1CC1)c1ccc(N2CCc3[nH]cnc3[C@H]2c2cc3ccccn3n2)nn1. The summed E-state index contributed by atoms with van der Waals surface area (Å²) in [6, 6.07) is 11.8. The minimum absolute atomic E-state index is 0.165. The molecule has 1 saturated carbocycles. The molecule has 4 aromatic rings. The summed E-state index contributed by atoms with van der Waals surface area (Å²) in [5.41, 5.74) is 4.32. The molecule has 6 rings (SSSR count). The monoisotopic (exact) mass is 400 g/mol. The average molecular weight is 400 g/mol. The Morgan fingerprint density at radius 3 is 2.90 bits per heavy atom. The number of carbonyl (C=O) groups excluding carboxylic acids is 1. The zero-order valence-electron chi connectivity index (χ0n) is 16.2. The lowest BCUT2D eigenvalue weighted by molar-refractivity contribution is 0.0945. The molecule has 9 heteroatoms. The van der Waals surface area contributed by atoms with Gasteiger partial charge in [0, 0.05) is 30.9 Å². The molecular formula is C21H20N8O. The second kappa shape index (κ2) is 6.65. The van der Waals surface area contributed by atoms with E-state index in [-0.39, 0.29) is 11.9 Å². The van der Waals surface area contributed by atoms with Crippen molar-refractivity contribution in [3.05, 3.63) is 71.7 Å². The highest BCUT2D eigenvalue weighted by molar-refractivity contribution is 5.92. The summed E-state index contributed by atoms with van der Waals surface area (Å²) < 4.78 is 1.87. The molecule has 0 saturated heterocycles. The maximum atomic E-state index is 12.2. The molecule has 0 unspecified atom stereocenters. The van der Waals surface area contributed by atoms with E-state index in [4.69, 9.17) is 5.10 Å². The lowest BCUT2D eigenvalue weighted by Crippen LogP contribution is -2.37. The summed E-state index contributed by atoms with van der Waals surface area (Å²) in [5.74, 6) is 0.537. The molecule has 1 aliphatic carbocycles. The van der Waals surface area contributed by atoms with E-state index in [2.05, 4.69) is 36.4 Å². The summed E-state index contributed by atoms with van der Waals surface area (Å²) >= 11 is 0. The number of nitrogens with one attached hydrogen (secondary N) is 2. The van der Waals surface area contributed by atoms with Gasteiger partial charge < -0.3 is 15.2 Å². The van der Waals surface area contributed by atoms with Gasteiger partial charge in [0.1, 0.15) is 6.04 Å². The van der Waals surface area contributed by atoms with Crippen LogP contribution in [-0.2, 0) is 6.42 Å². The van der Waals surface area contributed by atoms with Crippen LogP contribution in [0.3, 0.4) is 0 Å². The fourth-order valence-corrected chi connectivity index (χ4v) is 4.00. The van der Waals surface area contributed by atoms with Crippen LogP contribution >= 0.6 is 0 Å². The Kier molecular flexibility index (Phi) is 3.80. The van der Waals surface area contributed by atoms with Crippen LogP contribution in [0.2, 0.25) is 0 Å². The highest BCUT2D eigenvalue weighted by Gasteiger charge is 2.34. The Morgan fingerprint density at radius 1 is 1.17 bits per heavy atom. The molecule has 5 heterocycles. The van der Waals surface area contributed by atoms with Crippen LogP contribution < -0.4 is 10.2 Å². The van der Waals surface area contributed by atoms with Crippen LogP contribution in [0, 0.1) is 0 Å². The quantitative estimate of drug-likeness (QED) is 0.542. The van der Waals surface area contributed by atoms with E-state index in [9.17, 15) is 4.79 Å². The molecule has 9 nitrogen and oxygen atoms in total. The van der Waals surface area contributed by atoms with Crippen LogP contribution in [0.4, 0.5) is 5.82 Å². The van der Waals surface area contributed by atoms with E-state index in [1.807, 2.05) is 35.0 Å². The Labute approximate surface area is 172 Å². The maximum absolute atomic E-state index is 12.2. The van der Waals surface area contributed by atoms with Gasteiger partial charge in [0.15, 0.2) is 11.5 Å². The Balaban J connectivity index is 1.37. The van der Waals surface area contributed by atoms with Crippen LogP contribution in [0.15, 0.2) is 48.9 Å². The minimum atomic E-state index is -0.180. The number of pyridine rings is 1. The Morgan fingerprint density at radius 2 is 2.10 bits per heavy atom. The van der Waals surface area contributed by atoms with Gasteiger partial charge in [-0.3, -0.25) is 4.79 Å². The summed E-state index contributed by atoms with van der Waals surface area (Å²) in [6.45, 7) is 0.746. The molecule has 1 atom stereocenters. The van der Waals surface area contributed by atoms with Crippen molar-refractivity contribution in [2.75, 3.05) is 11.4 Å². The predicted octanol–water partition coefficient (Wildman–Crippen LogP) is 1.89. The number of fused-ring (bicyclic) bond motifs is 2. The van der Waals surface area contributed by atoms with Gasteiger partial charge in [-0.1, -0.05) is 6.07 Å². The lowest BCUT2D eigenvalue weighted by Gasteiger charge is -2.34. The zero-order valence-corrected chi connectivity index (χ0v) is 16.2. The topological polar surface area (TPSA) is 104 Å². The standard InChI is InChI=1S/C21H20N8O/c30-21(24-13-4-5-13)16-6-7-18(26-25-16)28-10-8-15-19(23-12-22-15)20(28)17-11-14-3-1-2-9-29(14)27-17/h1-3,6-7,9,11-13,20H,4-5,8,10H2,(H,22,23)(H,24,30)/t20-/m1/s1. The van der Waals surface area contributed by atoms with Crippen molar-refractivity contribution in [1.82, 2.24) is 35.1 Å². The maximum Gasteiger partial charge on any atom is 0.272 e. The molecule has 0 spiro atoms. The summed E-state index contributed by atoms with van der Waals surface area (Å²) in [5, 5.41) is 16.3. The zero-order chi connectivity index (χ0) is 20.1. The number of amides is 1. The Bertz CT molecular complexity index is 1190. The minimum Gasteiger partial charge on any atom is -0.348 e. The van der Waals surface area contributed by atoms with Gasteiger partial charge in [0.25, 0.3) is 5.91 Å². The smallest absolute Gasteiger partial charge is 0.272 e. The van der Waals surface area contributed by atoms with E-state index in [1.165, 1.54) is 0 Å². The van der Waals surface area contributed by atoms with Crippen LogP contribution in [0.1, 0.15) is 46.5 Å². The lowest BCUT2D eigenvalue weighted by atomic mass is 9.99. The molecule has 4 aromatic heterocycles. The van der Waals surface area contributed by atoms with E-state index in [0.29, 0.717) is 17.6 Å².